The smallest absolute Gasteiger partial charge is 0.355 e. The quantitative estimate of drug-likeness (QED) is 0.486. The van der Waals surface area contributed by atoms with E-state index in [9.17, 15) is 30.4 Å². The normalized spacial score (nSPS) is 12.7. The van der Waals surface area contributed by atoms with Crippen LogP contribution in [0, 0.1) is 11.6 Å². The van der Waals surface area contributed by atoms with Crippen LogP contribution in [0.1, 0.15) is 0 Å². The monoisotopic (exact) mass is 313 g/mol. The molecule has 10 heteroatoms. The average Bonchev–Trinajstić information content (AvgIpc) is 2.29. The van der Waals surface area contributed by atoms with Crippen LogP contribution in [0.5, 0.6) is 5.88 Å². The highest BCUT2D eigenvalue weighted by Gasteiger charge is 2.48. The second kappa shape index (κ2) is 4.54. The van der Waals surface area contributed by atoms with Crippen molar-refractivity contribution in [3.63, 3.8) is 0 Å². The van der Waals surface area contributed by atoms with Gasteiger partial charge in [0.2, 0.25) is 5.88 Å². The van der Waals surface area contributed by atoms with Crippen molar-refractivity contribution in [1.82, 2.24) is 4.98 Å². The van der Waals surface area contributed by atoms with Crippen molar-refractivity contribution in [3.8, 4) is 5.88 Å². The Morgan fingerprint density at radius 3 is 2.10 bits per heavy atom. The molecule has 0 aliphatic carbocycles. The van der Waals surface area contributed by atoms with Crippen LogP contribution < -0.4 is 4.18 Å². The van der Waals surface area contributed by atoms with Crippen molar-refractivity contribution < 1.29 is 34.6 Å². The molecule has 0 spiro atoms. The van der Waals surface area contributed by atoms with Gasteiger partial charge in [0.05, 0.1) is 0 Å². The van der Waals surface area contributed by atoms with Crippen molar-refractivity contribution >= 4 is 20.9 Å². The maximum atomic E-state index is 13.0. The maximum Gasteiger partial charge on any atom is 0.534 e. The summed E-state index contributed by atoms with van der Waals surface area (Å²) in [6.07, 6.45) is 0.860. The Balaban J connectivity index is 2.45. The molecule has 0 radical (unpaired) electrons. The summed E-state index contributed by atoms with van der Waals surface area (Å²) in [5, 5.41) is 0.00642. The molecule has 1 heterocycles. The minimum Gasteiger partial charge on any atom is -0.355 e. The molecular formula is C10H4F5NO3S. The van der Waals surface area contributed by atoms with Crippen molar-refractivity contribution in [3.05, 3.63) is 36.0 Å². The molecule has 0 saturated heterocycles. The van der Waals surface area contributed by atoms with E-state index in [1.54, 1.807) is 0 Å². The van der Waals surface area contributed by atoms with Crippen molar-refractivity contribution in [2.24, 2.45) is 0 Å². The van der Waals surface area contributed by atoms with Crippen LogP contribution in [0.4, 0.5) is 22.0 Å². The van der Waals surface area contributed by atoms with Gasteiger partial charge in [0.15, 0.2) is 11.6 Å². The highest BCUT2D eigenvalue weighted by Crippen LogP contribution is 2.27. The molecule has 0 saturated carbocycles. The standard InChI is InChI=1S/C10H4F5NO3S/c11-7-1-5-3-9(16-4-6(5)2-8(7)12)19-20(17,18)10(13,14)15/h1-4H. The fourth-order valence-electron chi connectivity index (χ4n) is 1.32. The lowest BCUT2D eigenvalue weighted by molar-refractivity contribution is -0.0501. The Morgan fingerprint density at radius 1 is 1.00 bits per heavy atom. The van der Waals surface area contributed by atoms with E-state index in [1.807, 2.05) is 0 Å². The topological polar surface area (TPSA) is 56.3 Å². The second-order valence-electron chi connectivity index (χ2n) is 3.62. The van der Waals surface area contributed by atoms with E-state index in [-0.39, 0.29) is 10.8 Å². The molecule has 0 aliphatic heterocycles. The van der Waals surface area contributed by atoms with E-state index in [1.165, 1.54) is 0 Å². The molecule has 2 aromatic rings. The number of halogens is 5. The summed E-state index contributed by atoms with van der Waals surface area (Å²) in [5.41, 5.74) is -5.61. The Kier molecular flexibility index (Phi) is 3.28. The van der Waals surface area contributed by atoms with Crippen LogP contribution in [0.15, 0.2) is 24.4 Å². The lowest BCUT2D eigenvalue weighted by Gasteiger charge is -2.09. The molecule has 1 aromatic carbocycles. The largest absolute Gasteiger partial charge is 0.534 e. The number of pyridine rings is 1. The third-order valence-corrected chi connectivity index (χ3v) is 3.17. The number of nitrogens with zero attached hydrogens (tertiary/aromatic N) is 1. The Hall–Kier alpha value is -1.97. The first-order valence-corrected chi connectivity index (χ1v) is 6.26. The predicted octanol–water partition coefficient (Wildman–Crippen LogP) is 2.74. The van der Waals surface area contributed by atoms with Crippen LogP contribution in [0.25, 0.3) is 10.8 Å². The number of aromatic nitrogens is 1. The number of rotatable bonds is 2. The minimum absolute atomic E-state index is 0.0636. The van der Waals surface area contributed by atoms with Gasteiger partial charge in [-0.15, -0.1) is 0 Å². The van der Waals surface area contributed by atoms with Gasteiger partial charge in [-0.05, 0) is 17.5 Å². The van der Waals surface area contributed by atoms with Gasteiger partial charge in [-0.3, -0.25) is 0 Å². The van der Waals surface area contributed by atoms with Crippen molar-refractivity contribution in [2.45, 2.75) is 5.51 Å². The van der Waals surface area contributed by atoms with Crippen molar-refractivity contribution in [1.29, 1.82) is 0 Å². The van der Waals surface area contributed by atoms with Gasteiger partial charge in [-0.1, -0.05) is 0 Å². The summed E-state index contributed by atoms with van der Waals surface area (Å²) in [7, 11) is -5.87. The van der Waals surface area contributed by atoms with Gasteiger partial charge >= 0.3 is 15.6 Å². The molecule has 0 amide bonds. The van der Waals surface area contributed by atoms with Gasteiger partial charge in [0.1, 0.15) is 0 Å². The molecule has 4 nitrogen and oxygen atoms in total. The van der Waals surface area contributed by atoms with E-state index < -0.39 is 33.1 Å². The summed E-state index contributed by atoms with van der Waals surface area (Å²) in [5.74, 6) is -3.31. The number of alkyl halides is 3. The van der Waals surface area contributed by atoms with Gasteiger partial charge in [0.25, 0.3) is 0 Å². The molecule has 0 bridgehead atoms. The van der Waals surface area contributed by atoms with E-state index in [0.29, 0.717) is 6.07 Å². The Bertz CT molecular complexity index is 772. The molecule has 0 unspecified atom stereocenters. The molecule has 0 fully saturated rings. The number of fused-ring (bicyclic) bond motifs is 1. The zero-order valence-corrected chi connectivity index (χ0v) is 10.1. The van der Waals surface area contributed by atoms with Gasteiger partial charge in [0, 0.05) is 17.6 Å². The van der Waals surface area contributed by atoms with Crippen LogP contribution in [0.3, 0.4) is 0 Å². The van der Waals surface area contributed by atoms with E-state index in [4.69, 9.17) is 0 Å². The maximum absolute atomic E-state index is 13.0. The molecule has 108 valence electrons. The van der Waals surface area contributed by atoms with E-state index >= 15 is 0 Å². The summed E-state index contributed by atoms with van der Waals surface area (Å²) in [6.45, 7) is 0. The predicted molar refractivity (Wildman–Crippen MR) is 57.3 cm³/mol. The lowest BCUT2D eigenvalue weighted by atomic mass is 10.2. The first-order valence-electron chi connectivity index (χ1n) is 4.86. The molecule has 0 aliphatic rings. The number of hydrogen-bond donors (Lipinski definition) is 0. The number of hydrogen-bond acceptors (Lipinski definition) is 4. The first kappa shape index (κ1) is 14.4. The van der Waals surface area contributed by atoms with Crippen LogP contribution >= 0.6 is 0 Å². The van der Waals surface area contributed by atoms with Gasteiger partial charge in [-0.25, -0.2) is 13.8 Å². The summed E-state index contributed by atoms with van der Waals surface area (Å²) < 4.78 is 87.4. The van der Waals surface area contributed by atoms with Crippen LogP contribution in [-0.2, 0) is 10.1 Å². The van der Waals surface area contributed by atoms with Crippen molar-refractivity contribution in [2.75, 3.05) is 0 Å². The Morgan fingerprint density at radius 2 is 1.55 bits per heavy atom. The fraction of sp³-hybridized carbons (Fsp3) is 0.100. The number of benzene rings is 1. The van der Waals surface area contributed by atoms with Gasteiger partial charge in [-0.2, -0.15) is 21.6 Å². The second-order valence-corrected chi connectivity index (χ2v) is 5.16. The third kappa shape index (κ3) is 2.64. The molecule has 20 heavy (non-hydrogen) atoms. The molecule has 2 rings (SSSR count). The van der Waals surface area contributed by atoms with E-state index in [0.717, 1.165) is 18.3 Å². The van der Waals surface area contributed by atoms with E-state index in [2.05, 4.69) is 9.17 Å². The lowest BCUT2D eigenvalue weighted by Crippen LogP contribution is -2.28. The molecule has 0 atom stereocenters. The highest BCUT2D eigenvalue weighted by atomic mass is 32.2. The third-order valence-electron chi connectivity index (χ3n) is 2.21. The zero-order chi connectivity index (χ0) is 15.1. The average molecular weight is 313 g/mol. The highest BCUT2D eigenvalue weighted by molar-refractivity contribution is 7.87. The van der Waals surface area contributed by atoms with Gasteiger partial charge < -0.3 is 4.18 Å². The minimum atomic E-state index is -5.87. The summed E-state index contributed by atoms with van der Waals surface area (Å²) >= 11 is 0. The zero-order valence-electron chi connectivity index (χ0n) is 9.28. The fourth-order valence-corrected chi connectivity index (χ4v) is 1.73. The van der Waals surface area contributed by atoms with Crippen LogP contribution in [-0.4, -0.2) is 18.9 Å². The Labute approximate surface area is 108 Å². The molecular weight excluding hydrogens is 309 g/mol. The first-order chi connectivity index (χ1) is 9.10. The SMILES string of the molecule is O=S(=O)(Oc1cc2cc(F)c(F)cc2cn1)C(F)(F)F. The summed E-state index contributed by atoms with van der Waals surface area (Å²) in [6, 6.07) is 2.19. The molecule has 0 N–H and O–H groups in total. The van der Waals surface area contributed by atoms with Crippen LogP contribution in [0.2, 0.25) is 0 Å². The summed E-state index contributed by atoms with van der Waals surface area (Å²) in [4.78, 5) is 3.29. The molecule has 1 aromatic heterocycles.